The number of hydrogen-bond acceptors (Lipinski definition) is 3. The summed E-state index contributed by atoms with van der Waals surface area (Å²) in [6, 6.07) is 4.10. The summed E-state index contributed by atoms with van der Waals surface area (Å²) in [5.41, 5.74) is 5.79. The summed E-state index contributed by atoms with van der Waals surface area (Å²) in [7, 11) is 1.78. The number of benzene rings is 1. The standard InChI is InChI=1S/C20H28F3N3O/c1-25(16-6-2-3-7-17(16)26-12-4-5-13-26)19(27)18(24)14-8-10-15(11-9-14)20(21,22)23/h8-11,16-18H,2-7,12-13,24H2,1H3/t16-,17-,18?/m1/s1. The van der Waals surface area contributed by atoms with Crippen molar-refractivity contribution in [2.75, 3.05) is 20.1 Å². The van der Waals surface area contributed by atoms with Crippen molar-refractivity contribution in [1.82, 2.24) is 9.80 Å². The summed E-state index contributed by atoms with van der Waals surface area (Å²) in [6.45, 7) is 2.16. The van der Waals surface area contributed by atoms with E-state index in [-0.39, 0.29) is 11.9 Å². The number of hydrogen-bond donors (Lipinski definition) is 1. The van der Waals surface area contributed by atoms with Crippen LogP contribution in [0.4, 0.5) is 13.2 Å². The van der Waals surface area contributed by atoms with Crippen molar-refractivity contribution in [3.05, 3.63) is 35.4 Å². The van der Waals surface area contributed by atoms with Crippen LogP contribution in [0.25, 0.3) is 0 Å². The van der Waals surface area contributed by atoms with E-state index >= 15 is 0 Å². The highest BCUT2D eigenvalue weighted by molar-refractivity contribution is 5.83. The highest BCUT2D eigenvalue weighted by atomic mass is 19.4. The highest BCUT2D eigenvalue weighted by Gasteiger charge is 2.37. The van der Waals surface area contributed by atoms with Crippen molar-refractivity contribution < 1.29 is 18.0 Å². The van der Waals surface area contributed by atoms with Gasteiger partial charge in [-0.25, -0.2) is 0 Å². The minimum absolute atomic E-state index is 0.116. The lowest BCUT2D eigenvalue weighted by atomic mass is 9.87. The van der Waals surface area contributed by atoms with Crippen LogP contribution in [0.5, 0.6) is 0 Å². The van der Waals surface area contributed by atoms with Gasteiger partial charge in [-0.2, -0.15) is 13.2 Å². The van der Waals surface area contributed by atoms with E-state index in [1.54, 1.807) is 11.9 Å². The van der Waals surface area contributed by atoms with Crippen LogP contribution in [0.15, 0.2) is 24.3 Å². The third-order valence-electron chi connectivity index (χ3n) is 6.01. The highest BCUT2D eigenvalue weighted by Crippen LogP contribution is 2.32. The van der Waals surface area contributed by atoms with Gasteiger partial charge in [-0.05, 0) is 56.5 Å². The molecule has 150 valence electrons. The van der Waals surface area contributed by atoms with Crippen molar-refractivity contribution in [2.24, 2.45) is 5.73 Å². The molecule has 0 spiro atoms. The number of amides is 1. The molecule has 1 saturated carbocycles. The van der Waals surface area contributed by atoms with Crippen molar-refractivity contribution in [2.45, 2.75) is 62.8 Å². The van der Waals surface area contributed by atoms with Crippen LogP contribution >= 0.6 is 0 Å². The predicted octanol–water partition coefficient (Wildman–Crippen LogP) is 3.57. The van der Waals surface area contributed by atoms with Crippen LogP contribution in [0.2, 0.25) is 0 Å². The Morgan fingerprint density at radius 1 is 1.11 bits per heavy atom. The van der Waals surface area contributed by atoms with E-state index in [2.05, 4.69) is 4.90 Å². The molecule has 1 aliphatic heterocycles. The molecule has 0 aromatic heterocycles. The van der Waals surface area contributed by atoms with Gasteiger partial charge in [0.05, 0.1) is 5.56 Å². The fourth-order valence-electron chi connectivity index (χ4n) is 4.45. The summed E-state index contributed by atoms with van der Waals surface area (Å²) in [5.74, 6) is -0.231. The Morgan fingerprint density at radius 3 is 2.30 bits per heavy atom. The van der Waals surface area contributed by atoms with Crippen LogP contribution in [0.3, 0.4) is 0 Å². The molecule has 1 aromatic carbocycles. The van der Waals surface area contributed by atoms with Crippen molar-refractivity contribution >= 4 is 5.91 Å². The molecular weight excluding hydrogens is 355 g/mol. The SMILES string of the molecule is CN(C(=O)C(N)c1ccc(C(F)(F)F)cc1)[C@@H]1CCCC[C@H]1N1CCCC1. The van der Waals surface area contributed by atoms with Crippen LogP contribution in [-0.4, -0.2) is 47.9 Å². The first kappa shape index (κ1) is 20.1. The zero-order valence-corrected chi connectivity index (χ0v) is 15.7. The van der Waals surface area contributed by atoms with Gasteiger partial charge in [-0.15, -0.1) is 0 Å². The van der Waals surface area contributed by atoms with Gasteiger partial charge in [0.2, 0.25) is 5.91 Å². The van der Waals surface area contributed by atoms with Crippen molar-refractivity contribution in [3.63, 3.8) is 0 Å². The zero-order valence-electron chi connectivity index (χ0n) is 15.7. The minimum Gasteiger partial charge on any atom is -0.340 e. The Kier molecular flexibility index (Phi) is 6.11. The summed E-state index contributed by atoms with van der Waals surface area (Å²) in [4.78, 5) is 17.2. The number of carbonyl (C=O) groups is 1. The summed E-state index contributed by atoms with van der Waals surface area (Å²) in [5, 5.41) is 0. The molecule has 3 rings (SSSR count). The number of rotatable bonds is 4. The van der Waals surface area contributed by atoms with E-state index in [0.29, 0.717) is 11.6 Å². The van der Waals surface area contributed by atoms with Crippen molar-refractivity contribution in [3.8, 4) is 0 Å². The normalized spacial score (nSPS) is 25.4. The van der Waals surface area contributed by atoms with E-state index in [9.17, 15) is 18.0 Å². The van der Waals surface area contributed by atoms with Crippen LogP contribution in [0, 0.1) is 0 Å². The lowest BCUT2D eigenvalue weighted by molar-refractivity contribution is -0.137. The molecule has 3 atom stereocenters. The number of carbonyl (C=O) groups excluding carboxylic acids is 1. The number of likely N-dealkylation sites (tertiary alicyclic amines) is 1. The van der Waals surface area contributed by atoms with E-state index in [0.717, 1.165) is 44.5 Å². The molecule has 27 heavy (non-hydrogen) atoms. The van der Waals surface area contributed by atoms with E-state index in [1.165, 1.54) is 31.4 Å². The Bertz CT molecular complexity index is 641. The minimum atomic E-state index is -4.39. The van der Waals surface area contributed by atoms with Gasteiger partial charge in [0, 0.05) is 19.1 Å². The number of halogens is 3. The van der Waals surface area contributed by atoms with Gasteiger partial charge in [-0.3, -0.25) is 9.69 Å². The lowest BCUT2D eigenvalue weighted by Crippen LogP contribution is -2.54. The smallest absolute Gasteiger partial charge is 0.340 e. The first-order valence-corrected chi connectivity index (χ1v) is 9.72. The van der Waals surface area contributed by atoms with Gasteiger partial charge in [0.1, 0.15) is 6.04 Å². The van der Waals surface area contributed by atoms with Crippen LogP contribution in [0.1, 0.15) is 55.7 Å². The quantitative estimate of drug-likeness (QED) is 0.865. The topological polar surface area (TPSA) is 49.6 Å². The average molecular weight is 383 g/mol. The summed E-state index contributed by atoms with van der Waals surface area (Å²) < 4.78 is 38.2. The molecule has 1 aliphatic carbocycles. The molecule has 1 unspecified atom stereocenters. The third-order valence-corrected chi connectivity index (χ3v) is 6.01. The average Bonchev–Trinajstić information content (AvgIpc) is 3.20. The second-order valence-electron chi connectivity index (χ2n) is 7.71. The molecule has 0 radical (unpaired) electrons. The molecule has 1 aromatic rings. The number of likely N-dealkylation sites (N-methyl/N-ethyl adjacent to an activating group) is 1. The first-order valence-electron chi connectivity index (χ1n) is 9.72. The molecule has 2 aliphatic rings. The second-order valence-corrected chi connectivity index (χ2v) is 7.71. The number of nitrogens with zero attached hydrogens (tertiary/aromatic N) is 2. The van der Waals surface area contributed by atoms with Crippen LogP contribution in [-0.2, 0) is 11.0 Å². The second kappa shape index (κ2) is 8.19. The molecule has 2 N–H and O–H groups in total. The Labute approximate surface area is 158 Å². The maximum Gasteiger partial charge on any atom is 0.416 e. The monoisotopic (exact) mass is 383 g/mol. The molecule has 7 heteroatoms. The summed E-state index contributed by atoms with van der Waals surface area (Å²) in [6.07, 6.45) is 2.29. The van der Waals surface area contributed by atoms with Gasteiger partial charge in [0.25, 0.3) is 0 Å². The number of alkyl halides is 3. The Balaban J connectivity index is 1.71. The van der Waals surface area contributed by atoms with Crippen LogP contribution < -0.4 is 5.73 Å². The van der Waals surface area contributed by atoms with E-state index in [4.69, 9.17) is 5.73 Å². The van der Waals surface area contributed by atoms with Gasteiger partial charge >= 0.3 is 6.18 Å². The third kappa shape index (κ3) is 4.46. The lowest BCUT2D eigenvalue weighted by Gasteiger charge is -2.43. The molecule has 1 amide bonds. The van der Waals surface area contributed by atoms with Gasteiger partial charge < -0.3 is 10.6 Å². The Morgan fingerprint density at radius 2 is 1.70 bits per heavy atom. The maximum absolute atomic E-state index is 12.9. The van der Waals surface area contributed by atoms with Crippen molar-refractivity contribution in [1.29, 1.82) is 0 Å². The van der Waals surface area contributed by atoms with Gasteiger partial charge in [-0.1, -0.05) is 25.0 Å². The fourth-order valence-corrected chi connectivity index (χ4v) is 4.45. The first-order chi connectivity index (χ1) is 12.8. The molecule has 1 saturated heterocycles. The Hall–Kier alpha value is -1.60. The van der Waals surface area contributed by atoms with Gasteiger partial charge in [0.15, 0.2) is 0 Å². The molecule has 1 heterocycles. The summed E-state index contributed by atoms with van der Waals surface area (Å²) >= 11 is 0. The largest absolute Gasteiger partial charge is 0.416 e. The molecular formula is C20H28F3N3O. The van der Waals surface area contributed by atoms with E-state index < -0.39 is 17.8 Å². The molecule has 0 bridgehead atoms. The zero-order chi connectivity index (χ0) is 19.6. The van der Waals surface area contributed by atoms with E-state index in [1.807, 2.05) is 0 Å². The fraction of sp³-hybridized carbons (Fsp3) is 0.650. The maximum atomic E-state index is 12.9. The molecule has 4 nitrogen and oxygen atoms in total. The number of nitrogens with two attached hydrogens (primary N) is 1. The predicted molar refractivity (Wildman–Crippen MR) is 98.0 cm³/mol. The molecule has 2 fully saturated rings.